The molecule has 1 heterocycles. The third-order valence-electron chi connectivity index (χ3n) is 3.54. The normalized spacial score (nSPS) is 19.5. The van der Waals surface area contributed by atoms with E-state index in [-0.39, 0.29) is 0 Å². The van der Waals surface area contributed by atoms with Crippen LogP contribution in [0.25, 0.3) is 0 Å². The predicted octanol–water partition coefficient (Wildman–Crippen LogP) is 3.26. The van der Waals surface area contributed by atoms with Crippen molar-refractivity contribution in [3.8, 4) is 5.88 Å². The molecule has 1 aromatic heterocycles. The highest BCUT2D eigenvalue weighted by atomic mass is 16.5. The highest BCUT2D eigenvalue weighted by molar-refractivity contribution is 5.27. The molecule has 1 saturated carbocycles. The Balaban J connectivity index is 1.91. The zero-order valence-electron chi connectivity index (χ0n) is 11.6. The number of hydrogen-bond donors (Lipinski definition) is 1. The minimum absolute atomic E-state index is 0.308. The van der Waals surface area contributed by atoms with Gasteiger partial charge in [0.15, 0.2) is 0 Å². The molecule has 0 aliphatic heterocycles. The Bertz CT molecular complexity index is 382. The molecule has 0 spiro atoms. The Hall–Kier alpha value is -1.32. The highest BCUT2D eigenvalue weighted by Gasteiger charge is 2.27. The van der Waals surface area contributed by atoms with Gasteiger partial charge in [0.1, 0.15) is 6.10 Å². The van der Waals surface area contributed by atoms with Crippen molar-refractivity contribution in [2.24, 2.45) is 5.41 Å². The molecule has 1 aromatic rings. The van der Waals surface area contributed by atoms with Crippen molar-refractivity contribution in [2.45, 2.75) is 52.6 Å². The number of hydrogen-bond acceptors (Lipinski definition) is 4. The average Bonchev–Trinajstić information content (AvgIpc) is 2.33. The summed E-state index contributed by atoms with van der Waals surface area (Å²) in [6.45, 7) is 7.51. The smallest absolute Gasteiger partial charge is 0.225 e. The summed E-state index contributed by atoms with van der Waals surface area (Å²) >= 11 is 0. The van der Waals surface area contributed by atoms with Gasteiger partial charge in [-0.05, 0) is 38.0 Å². The molecular weight excluding hydrogens is 226 g/mol. The quantitative estimate of drug-likeness (QED) is 0.889. The van der Waals surface area contributed by atoms with E-state index in [4.69, 9.17) is 4.74 Å². The van der Waals surface area contributed by atoms with Gasteiger partial charge in [-0.15, -0.1) is 0 Å². The highest BCUT2D eigenvalue weighted by Crippen LogP contribution is 2.36. The number of nitrogens with zero attached hydrogens (tertiary/aromatic N) is 2. The summed E-state index contributed by atoms with van der Waals surface area (Å²) in [5, 5.41) is 3.10. The Morgan fingerprint density at radius 2 is 2.11 bits per heavy atom. The van der Waals surface area contributed by atoms with Crippen LogP contribution >= 0.6 is 0 Å². The Kier molecular flexibility index (Phi) is 4.04. The van der Waals surface area contributed by atoms with E-state index in [9.17, 15) is 0 Å². The van der Waals surface area contributed by atoms with E-state index in [0.717, 1.165) is 19.4 Å². The molecule has 1 aliphatic rings. The van der Waals surface area contributed by atoms with Crippen molar-refractivity contribution in [2.75, 3.05) is 11.9 Å². The molecule has 0 bridgehead atoms. The van der Waals surface area contributed by atoms with Gasteiger partial charge in [0.2, 0.25) is 11.8 Å². The molecule has 0 radical (unpaired) electrons. The van der Waals surface area contributed by atoms with Gasteiger partial charge in [-0.2, -0.15) is 4.98 Å². The average molecular weight is 249 g/mol. The van der Waals surface area contributed by atoms with Crippen LogP contribution in [0.5, 0.6) is 5.88 Å². The lowest BCUT2D eigenvalue weighted by molar-refractivity contribution is 0.0949. The molecule has 18 heavy (non-hydrogen) atoms. The van der Waals surface area contributed by atoms with E-state index in [2.05, 4.69) is 29.1 Å². The predicted molar refractivity (Wildman–Crippen MR) is 72.9 cm³/mol. The Labute approximate surface area is 109 Å². The van der Waals surface area contributed by atoms with Crippen LogP contribution in [0.4, 0.5) is 5.95 Å². The first kappa shape index (κ1) is 13.1. The van der Waals surface area contributed by atoms with E-state index in [1.165, 1.54) is 12.8 Å². The zero-order valence-corrected chi connectivity index (χ0v) is 11.6. The zero-order chi connectivity index (χ0) is 13.0. The van der Waals surface area contributed by atoms with Crippen molar-refractivity contribution in [3.05, 3.63) is 12.3 Å². The lowest BCUT2D eigenvalue weighted by Crippen LogP contribution is -2.28. The molecule has 4 heteroatoms. The van der Waals surface area contributed by atoms with Gasteiger partial charge < -0.3 is 10.1 Å². The minimum atomic E-state index is 0.308. The van der Waals surface area contributed by atoms with Gasteiger partial charge in [-0.25, -0.2) is 4.98 Å². The van der Waals surface area contributed by atoms with Crippen molar-refractivity contribution in [1.29, 1.82) is 0 Å². The fraction of sp³-hybridized carbons (Fsp3) is 0.714. The fourth-order valence-electron chi connectivity index (χ4n) is 2.31. The van der Waals surface area contributed by atoms with E-state index in [0.29, 0.717) is 23.3 Å². The van der Waals surface area contributed by atoms with Gasteiger partial charge in [0, 0.05) is 18.8 Å². The first-order chi connectivity index (χ1) is 8.59. The van der Waals surface area contributed by atoms with E-state index < -0.39 is 0 Å². The van der Waals surface area contributed by atoms with E-state index >= 15 is 0 Å². The molecule has 0 amide bonds. The maximum atomic E-state index is 5.94. The van der Waals surface area contributed by atoms with Gasteiger partial charge in [0.25, 0.3) is 0 Å². The lowest BCUT2D eigenvalue weighted by atomic mass is 9.76. The number of aromatic nitrogens is 2. The fourth-order valence-corrected chi connectivity index (χ4v) is 2.31. The summed E-state index contributed by atoms with van der Waals surface area (Å²) in [5.41, 5.74) is 0.473. The minimum Gasteiger partial charge on any atom is -0.474 e. The number of rotatable bonds is 4. The molecule has 0 aromatic carbocycles. The van der Waals surface area contributed by atoms with Crippen LogP contribution in [0.3, 0.4) is 0 Å². The summed E-state index contributed by atoms with van der Waals surface area (Å²) in [5.74, 6) is 1.33. The van der Waals surface area contributed by atoms with Crippen molar-refractivity contribution < 1.29 is 4.74 Å². The topological polar surface area (TPSA) is 47.0 Å². The standard InChI is InChI=1S/C14H23N3O/c1-4-15-13-16-10-7-12(17-13)18-11-5-8-14(2,3)9-6-11/h7,10-11H,4-6,8-9H2,1-3H3,(H,15,16,17). The third kappa shape index (κ3) is 3.59. The third-order valence-corrected chi connectivity index (χ3v) is 3.54. The van der Waals surface area contributed by atoms with E-state index in [1.54, 1.807) is 6.20 Å². The first-order valence-electron chi connectivity index (χ1n) is 6.83. The van der Waals surface area contributed by atoms with Crippen LogP contribution in [0.1, 0.15) is 46.5 Å². The molecule has 4 nitrogen and oxygen atoms in total. The van der Waals surface area contributed by atoms with Gasteiger partial charge in [-0.1, -0.05) is 13.8 Å². The number of nitrogens with one attached hydrogen (secondary N) is 1. The summed E-state index contributed by atoms with van der Waals surface area (Å²) < 4.78 is 5.94. The van der Waals surface area contributed by atoms with Gasteiger partial charge >= 0.3 is 0 Å². The second kappa shape index (κ2) is 5.55. The second-order valence-electron chi connectivity index (χ2n) is 5.73. The Morgan fingerprint density at radius 1 is 1.39 bits per heavy atom. The van der Waals surface area contributed by atoms with Crippen LogP contribution < -0.4 is 10.1 Å². The summed E-state index contributed by atoms with van der Waals surface area (Å²) in [6, 6.07) is 1.83. The van der Waals surface area contributed by atoms with Crippen molar-refractivity contribution in [3.63, 3.8) is 0 Å². The number of ether oxygens (including phenoxy) is 1. The molecule has 1 fully saturated rings. The molecular formula is C14H23N3O. The van der Waals surface area contributed by atoms with Crippen LogP contribution in [-0.2, 0) is 0 Å². The monoisotopic (exact) mass is 249 g/mol. The molecule has 1 N–H and O–H groups in total. The van der Waals surface area contributed by atoms with Crippen LogP contribution in [-0.4, -0.2) is 22.6 Å². The number of anilines is 1. The van der Waals surface area contributed by atoms with Gasteiger partial charge in [-0.3, -0.25) is 0 Å². The molecule has 2 rings (SSSR count). The summed E-state index contributed by atoms with van der Waals surface area (Å²) in [4.78, 5) is 8.49. The first-order valence-corrected chi connectivity index (χ1v) is 6.83. The van der Waals surface area contributed by atoms with Gasteiger partial charge in [0.05, 0.1) is 0 Å². The van der Waals surface area contributed by atoms with Crippen LogP contribution in [0.2, 0.25) is 0 Å². The molecule has 0 unspecified atom stereocenters. The second-order valence-corrected chi connectivity index (χ2v) is 5.73. The summed E-state index contributed by atoms with van der Waals surface area (Å²) in [7, 11) is 0. The Morgan fingerprint density at radius 3 is 2.78 bits per heavy atom. The molecule has 100 valence electrons. The van der Waals surface area contributed by atoms with Crippen molar-refractivity contribution >= 4 is 5.95 Å². The van der Waals surface area contributed by atoms with Crippen LogP contribution in [0, 0.1) is 5.41 Å². The summed E-state index contributed by atoms with van der Waals surface area (Å²) in [6.07, 6.45) is 6.74. The SMILES string of the molecule is CCNc1nccc(OC2CCC(C)(C)CC2)n1. The molecule has 1 aliphatic carbocycles. The largest absolute Gasteiger partial charge is 0.474 e. The molecule has 0 saturated heterocycles. The lowest BCUT2D eigenvalue weighted by Gasteiger charge is -2.34. The molecule has 0 atom stereocenters. The van der Waals surface area contributed by atoms with E-state index in [1.807, 2.05) is 13.0 Å². The maximum absolute atomic E-state index is 5.94. The maximum Gasteiger partial charge on any atom is 0.225 e. The van der Waals surface area contributed by atoms with Crippen LogP contribution in [0.15, 0.2) is 12.3 Å². The van der Waals surface area contributed by atoms with Crippen molar-refractivity contribution in [1.82, 2.24) is 9.97 Å².